The normalized spacial score (nSPS) is 22.2. The van der Waals surface area contributed by atoms with Crippen LogP contribution in [-0.4, -0.2) is 190 Å². The second kappa shape index (κ2) is 31.1. The van der Waals surface area contributed by atoms with Gasteiger partial charge in [0.05, 0.1) is 24.4 Å². The fraction of sp³-hybridized carbons (Fsp3) is 0.740. The molecule has 2 heterocycles. The molecule has 15 atom stereocenters. The highest BCUT2D eigenvalue weighted by Crippen LogP contribution is 2.25. The number of aromatic hydroxyl groups is 1. The van der Waals surface area contributed by atoms with Gasteiger partial charge < -0.3 is 88.1 Å². The number of aliphatic hydroxyl groups excluding tert-OH is 8. The minimum absolute atomic E-state index is 0.0560. The Balaban J connectivity index is 1.77. The van der Waals surface area contributed by atoms with Crippen molar-refractivity contribution in [3.05, 3.63) is 29.8 Å². The Kier molecular flexibility index (Phi) is 26.6. The van der Waals surface area contributed by atoms with Crippen molar-refractivity contribution < 1.29 is 79.5 Å². The summed E-state index contributed by atoms with van der Waals surface area (Å²) in [5, 5.41) is 108. The lowest BCUT2D eigenvalue weighted by atomic mass is 9.91. The first-order chi connectivity index (χ1) is 34.9. The lowest BCUT2D eigenvalue weighted by molar-refractivity contribution is -0.147. The van der Waals surface area contributed by atoms with Crippen LogP contribution >= 0.6 is 0 Å². The highest BCUT2D eigenvalue weighted by molar-refractivity contribution is 5.95. The molecule has 16 N–H and O–H groups in total. The zero-order valence-electron chi connectivity index (χ0n) is 43.3. The molecule has 15 unspecified atom stereocenters. The number of nitrogens with zero attached hydrogens (tertiary/aromatic N) is 2. The summed E-state index contributed by atoms with van der Waals surface area (Å²) in [6.45, 7) is 8.23. The fourth-order valence-electron chi connectivity index (χ4n) is 9.35. The van der Waals surface area contributed by atoms with Gasteiger partial charge in [-0.15, -0.1) is 0 Å². The standard InChI is InChI=1S/C50H84N8O16/c1-6-27(2)23-28(3)13-11-9-7-8-10-12-14-39(66)53-34(25-38(65)46(70)56-47(71)42-37(64)20-22-57(42)50(74)41(52-30(5)60)36(63)19-21-51)44(68)54-40(29(4)59)49(73)58-26-33(62)24-35(58)45(69)55-48(72)43(67)31-15-17-32(61)18-16-31/h15-18,27-29,33-38,40-43,46,48,59,61-65,67,70,72H,6-14,19-26,51H2,1-5H3,(H,52,60)(H,53,66)(H,54,68)(H,55,69)(H,56,71). The molecule has 0 bridgehead atoms. The van der Waals surface area contributed by atoms with Crippen LogP contribution in [0.1, 0.15) is 136 Å². The second-order valence-corrected chi connectivity index (χ2v) is 20.2. The maximum Gasteiger partial charge on any atom is 0.248 e. The summed E-state index contributed by atoms with van der Waals surface area (Å²) >= 11 is 0. The van der Waals surface area contributed by atoms with Gasteiger partial charge in [-0.1, -0.05) is 77.8 Å². The van der Waals surface area contributed by atoms with E-state index in [2.05, 4.69) is 47.4 Å². The molecule has 1 aromatic rings. The Labute approximate surface area is 432 Å². The van der Waals surface area contributed by atoms with Crippen LogP contribution in [0, 0.1) is 11.8 Å². The van der Waals surface area contributed by atoms with Crippen LogP contribution in [0.5, 0.6) is 5.75 Å². The molecule has 2 saturated heterocycles. The van der Waals surface area contributed by atoms with Crippen LogP contribution in [0.15, 0.2) is 24.3 Å². The number of nitrogens with two attached hydrogens (primary N) is 1. The van der Waals surface area contributed by atoms with E-state index in [1.807, 2.05) is 0 Å². The summed E-state index contributed by atoms with van der Waals surface area (Å²) in [5.74, 6) is -5.48. The average Bonchev–Trinajstić information content (AvgIpc) is 3.94. The zero-order valence-corrected chi connectivity index (χ0v) is 43.3. The number of rotatable bonds is 31. The molecule has 24 heteroatoms. The number of β-amino-alcohol motifs (C(OH)–C–C–N with tert-alkyl or cyclic N) is 1. The topological polar surface area (TPSA) is 394 Å². The number of hydrogen-bond acceptors (Lipinski definition) is 17. The Morgan fingerprint density at radius 1 is 0.703 bits per heavy atom. The molecule has 24 nitrogen and oxygen atoms in total. The van der Waals surface area contributed by atoms with Crippen LogP contribution in [0.4, 0.5) is 0 Å². The van der Waals surface area contributed by atoms with Crippen LogP contribution in [-0.2, 0) is 33.6 Å². The number of nitrogens with one attached hydrogen (secondary N) is 5. The molecule has 3 rings (SSSR count). The summed E-state index contributed by atoms with van der Waals surface area (Å²) < 4.78 is 0. The second-order valence-electron chi connectivity index (χ2n) is 20.2. The maximum absolute atomic E-state index is 14.1. The van der Waals surface area contributed by atoms with Crippen molar-refractivity contribution in [3.63, 3.8) is 0 Å². The van der Waals surface area contributed by atoms with Gasteiger partial charge in [0, 0.05) is 39.3 Å². The van der Waals surface area contributed by atoms with Gasteiger partial charge >= 0.3 is 0 Å². The Morgan fingerprint density at radius 3 is 1.92 bits per heavy atom. The third kappa shape index (κ3) is 19.6. The van der Waals surface area contributed by atoms with Crippen molar-refractivity contribution in [2.24, 2.45) is 17.6 Å². The molecular formula is C50H84N8O16. The van der Waals surface area contributed by atoms with Crippen molar-refractivity contribution in [1.29, 1.82) is 0 Å². The first kappa shape index (κ1) is 63.2. The average molecular weight is 1050 g/mol. The molecule has 0 aliphatic carbocycles. The van der Waals surface area contributed by atoms with E-state index in [-0.39, 0.29) is 50.1 Å². The molecule has 0 saturated carbocycles. The maximum atomic E-state index is 14.1. The van der Waals surface area contributed by atoms with E-state index in [1.54, 1.807) is 0 Å². The smallest absolute Gasteiger partial charge is 0.248 e. The van der Waals surface area contributed by atoms with E-state index in [0.29, 0.717) is 24.7 Å². The van der Waals surface area contributed by atoms with E-state index in [1.165, 1.54) is 30.7 Å². The van der Waals surface area contributed by atoms with Gasteiger partial charge in [0.25, 0.3) is 0 Å². The lowest BCUT2D eigenvalue weighted by Gasteiger charge is -2.33. The van der Waals surface area contributed by atoms with E-state index in [4.69, 9.17) is 5.73 Å². The molecule has 2 fully saturated rings. The lowest BCUT2D eigenvalue weighted by Crippen LogP contribution is -2.61. The number of phenols is 1. The molecule has 2 aliphatic heterocycles. The quantitative estimate of drug-likeness (QED) is 0.0275. The Bertz CT molecular complexity index is 1970. The van der Waals surface area contributed by atoms with E-state index in [0.717, 1.165) is 62.2 Å². The summed E-state index contributed by atoms with van der Waals surface area (Å²) in [5.41, 5.74) is 5.66. The number of unbranched alkanes of at least 4 members (excludes halogenated alkanes) is 5. The number of amides is 7. The SMILES string of the molecule is CCC(C)CC(C)CCCCCCCCC(=O)NC(CC(O)C(O)NC(=O)C1C(O)CCN1C(=O)C(NC(C)=O)C(O)CCN)C(=O)NC(C(=O)N1CC(O)CC1C(=O)NC(O)C(O)c1ccc(O)cc1)C(C)O. The van der Waals surface area contributed by atoms with Crippen LogP contribution in [0.25, 0.3) is 0 Å². The number of aliphatic hydroxyl groups is 8. The Morgan fingerprint density at radius 2 is 1.31 bits per heavy atom. The molecule has 74 heavy (non-hydrogen) atoms. The molecule has 0 spiro atoms. The molecule has 2 aliphatic rings. The summed E-state index contributed by atoms with van der Waals surface area (Å²) in [6.07, 6.45) is -6.73. The van der Waals surface area contributed by atoms with Gasteiger partial charge in [0.15, 0.2) is 12.5 Å². The monoisotopic (exact) mass is 1050 g/mol. The summed E-state index contributed by atoms with van der Waals surface area (Å²) in [7, 11) is 0. The van der Waals surface area contributed by atoms with Gasteiger partial charge in [-0.25, -0.2) is 0 Å². The van der Waals surface area contributed by atoms with Gasteiger partial charge in [-0.3, -0.25) is 33.6 Å². The van der Waals surface area contributed by atoms with Crippen molar-refractivity contribution in [2.75, 3.05) is 19.6 Å². The third-order valence-corrected chi connectivity index (χ3v) is 13.8. The van der Waals surface area contributed by atoms with Gasteiger partial charge in [-0.05, 0) is 68.7 Å². The number of hydrogen-bond donors (Lipinski definition) is 15. The largest absolute Gasteiger partial charge is 0.508 e. The first-order valence-electron chi connectivity index (χ1n) is 25.9. The van der Waals surface area contributed by atoms with E-state index in [9.17, 15) is 79.5 Å². The highest BCUT2D eigenvalue weighted by atomic mass is 16.4. The van der Waals surface area contributed by atoms with Gasteiger partial charge in [0.2, 0.25) is 41.4 Å². The number of likely N-dealkylation sites (tertiary alicyclic amines) is 2. The number of carbonyl (C=O) groups is 7. The van der Waals surface area contributed by atoms with Crippen LogP contribution in [0.3, 0.4) is 0 Å². The van der Waals surface area contributed by atoms with Crippen LogP contribution in [0.2, 0.25) is 0 Å². The van der Waals surface area contributed by atoms with Gasteiger partial charge in [-0.2, -0.15) is 0 Å². The van der Waals surface area contributed by atoms with E-state index >= 15 is 0 Å². The molecule has 0 radical (unpaired) electrons. The van der Waals surface area contributed by atoms with Crippen molar-refractivity contribution >= 4 is 41.4 Å². The minimum atomic E-state index is -2.21. The Hall–Kier alpha value is -5.05. The third-order valence-electron chi connectivity index (χ3n) is 13.8. The number of phenolic OH excluding ortho intramolecular Hbond substituents is 1. The predicted molar refractivity (Wildman–Crippen MR) is 267 cm³/mol. The zero-order chi connectivity index (χ0) is 55.4. The molecular weight excluding hydrogens is 969 g/mol. The highest BCUT2D eigenvalue weighted by Gasteiger charge is 2.47. The fourth-order valence-corrected chi connectivity index (χ4v) is 9.35. The van der Waals surface area contributed by atoms with Crippen molar-refractivity contribution in [2.45, 2.75) is 204 Å². The van der Waals surface area contributed by atoms with Crippen molar-refractivity contribution in [1.82, 2.24) is 36.4 Å². The summed E-state index contributed by atoms with van der Waals surface area (Å²) in [4.78, 5) is 96.0. The van der Waals surface area contributed by atoms with E-state index < -0.39 is 134 Å². The first-order valence-corrected chi connectivity index (χ1v) is 25.9. The molecule has 0 aromatic heterocycles. The summed E-state index contributed by atoms with van der Waals surface area (Å²) in [6, 6.07) is -3.22. The molecule has 420 valence electrons. The van der Waals surface area contributed by atoms with Crippen LogP contribution < -0.4 is 32.3 Å². The molecule has 7 amide bonds. The minimum Gasteiger partial charge on any atom is -0.508 e. The predicted octanol–water partition coefficient (Wildman–Crippen LogP) is -2.27. The molecule has 1 aromatic carbocycles. The number of benzene rings is 1. The van der Waals surface area contributed by atoms with Crippen molar-refractivity contribution in [3.8, 4) is 5.75 Å². The number of carbonyl (C=O) groups excluding carboxylic acids is 7. The van der Waals surface area contributed by atoms with Gasteiger partial charge in [0.1, 0.15) is 48.2 Å².